The monoisotopic (exact) mass is 318 g/mol. The quantitative estimate of drug-likeness (QED) is 0.850. The molecule has 1 heterocycles. The largest absolute Gasteiger partial charge is 0.451 e. The van der Waals surface area contributed by atoms with Crippen LogP contribution in [0.4, 0.5) is 4.39 Å². The molecule has 1 amide bonds. The second kappa shape index (κ2) is 6.37. The maximum absolute atomic E-state index is 13.5. The predicted octanol–water partition coefficient (Wildman–Crippen LogP) is 3.14. The Hall–Kier alpha value is -2.05. The Labute approximate surface area is 131 Å². The van der Waals surface area contributed by atoms with Crippen molar-refractivity contribution < 1.29 is 13.6 Å². The zero-order valence-corrected chi connectivity index (χ0v) is 12.6. The predicted molar refractivity (Wildman–Crippen MR) is 83.8 cm³/mol. The first-order valence-electron chi connectivity index (χ1n) is 6.91. The SMILES string of the molecule is NCC1=Cc2oc(C(=O)NSc3ccccc3F)cc2CC1. The average Bonchev–Trinajstić information content (AvgIpc) is 2.96. The number of amides is 1. The topological polar surface area (TPSA) is 68.3 Å². The van der Waals surface area contributed by atoms with Crippen LogP contribution in [0.5, 0.6) is 0 Å². The van der Waals surface area contributed by atoms with Crippen LogP contribution >= 0.6 is 11.9 Å². The number of nitrogens with one attached hydrogen (secondary N) is 1. The van der Waals surface area contributed by atoms with E-state index in [1.807, 2.05) is 6.08 Å². The van der Waals surface area contributed by atoms with Crippen LogP contribution in [0, 0.1) is 5.82 Å². The van der Waals surface area contributed by atoms with Gasteiger partial charge in [0.05, 0.1) is 4.90 Å². The van der Waals surface area contributed by atoms with Crippen LogP contribution in [-0.2, 0) is 6.42 Å². The summed E-state index contributed by atoms with van der Waals surface area (Å²) >= 11 is 0.931. The Bertz CT molecular complexity index is 739. The molecule has 6 heteroatoms. The summed E-state index contributed by atoms with van der Waals surface area (Å²) in [6.07, 6.45) is 3.59. The molecule has 114 valence electrons. The van der Waals surface area contributed by atoms with Gasteiger partial charge in [0.25, 0.3) is 5.91 Å². The van der Waals surface area contributed by atoms with Gasteiger partial charge < -0.3 is 10.2 Å². The van der Waals surface area contributed by atoms with Gasteiger partial charge in [-0.25, -0.2) is 4.39 Å². The summed E-state index contributed by atoms with van der Waals surface area (Å²) in [6, 6.07) is 7.99. The number of halogens is 1. The Balaban J connectivity index is 1.70. The fourth-order valence-electron chi connectivity index (χ4n) is 2.27. The maximum Gasteiger partial charge on any atom is 0.297 e. The van der Waals surface area contributed by atoms with Gasteiger partial charge in [-0.15, -0.1) is 0 Å². The average molecular weight is 318 g/mol. The number of fused-ring (bicyclic) bond motifs is 1. The van der Waals surface area contributed by atoms with Gasteiger partial charge in [-0.3, -0.25) is 9.52 Å². The normalized spacial score (nSPS) is 13.5. The molecule has 0 atom stereocenters. The highest BCUT2D eigenvalue weighted by Gasteiger charge is 2.19. The van der Waals surface area contributed by atoms with Crippen LogP contribution in [0.2, 0.25) is 0 Å². The molecule has 3 N–H and O–H groups in total. The molecule has 4 nitrogen and oxygen atoms in total. The molecule has 0 fully saturated rings. The van der Waals surface area contributed by atoms with E-state index >= 15 is 0 Å². The highest BCUT2D eigenvalue weighted by atomic mass is 32.2. The van der Waals surface area contributed by atoms with E-state index in [0.29, 0.717) is 17.2 Å². The van der Waals surface area contributed by atoms with Gasteiger partial charge in [-0.1, -0.05) is 17.7 Å². The lowest BCUT2D eigenvalue weighted by atomic mass is 9.98. The molecule has 3 rings (SSSR count). The molecule has 0 radical (unpaired) electrons. The number of nitrogens with two attached hydrogens (primary N) is 1. The second-order valence-corrected chi connectivity index (χ2v) is 5.82. The zero-order chi connectivity index (χ0) is 15.5. The van der Waals surface area contributed by atoms with Crippen LogP contribution in [0.3, 0.4) is 0 Å². The van der Waals surface area contributed by atoms with Crippen molar-refractivity contribution in [3.63, 3.8) is 0 Å². The van der Waals surface area contributed by atoms with Crippen molar-refractivity contribution in [2.24, 2.45) is 5.73 Å². The molecule has 1 aromatic carbocycles. The molecule has 1 aliphatic carbocycles. The van der Waals surface area contributed by atoms with Gasteiger partial charge >= 0.3 is 0 Å². The standard InChI is InChI=1S/C16H15FN2O2S/c17-12-3-1-2-4-15(12)22-19-16(20)14-8-11-6-5-10(9-18)7-13(11)21-14/h1-4,7-8H,5-6,9,18H2,(H,19,20). The van der Waals surface area contributed by atoms with E-state index in [9.17, 15) is 9.18 Å². The smallest absolute Gasteiger partial charge is 0.297 e. The Morgan fingerprint density at radius 2 is 2.18 bits per heavy atom. The number of hydrogen-bond donors (Lipinski definition) is 2. The molecule has 0 unspecified atom stereocenters. The molecule has 0 aliphatic heterocycles. The van der Waals surface area contributed by atoms with E-state index in [-0.39, 0.29) is 17.5 Å². The number of aryl methyl sites for hydroxylation is 1. The summed E-state index contributed by atoms with van der Waals surface area (Å²) in [5.41, 5.74) is 7.73. The van der Waals surface area contributed by atoms with Crippen molar-refractivity contribution in [3.8, 4) is 0 Å². The molecule has 0 bridgehead atoms. The van der Waals surface area contributed by atoms with Crippen LogP contribution in [0.25, 0.3) is 6.08 Å². The number of furan rings is 1. The van der Waals surface area contributed by atoms with Crippen molar-refractivity contribution >= 4 is 23.9 Å². The van der Waals surface area contributed by atoms with Gasteiger partial charge in [0, 0.05) is 6.54 Å². The van der Waals surface area contributed by atoms with E-state index in [1.165, 1.54) is 6.07 Å². The molecule has 1 aromatic heterocycles. The summed E-state index contributed by atoms with van der Waals surface area (Å²) in [7, 11) is 0. The Morgan fingerprint density at radius 3 is 2.95 bits per heavy atom. The van der Waals surface area contributed by atoms with E-state index in [1.54, 1.807) is 24.3 Å². The molecule has 1 aliphatic rings. The van der Waals surface area contributed by atoms with Crippen molar-refractivity contribution in [2.75, 3.05) is 6.54 Å². The lowest BCUT2D eigenvalue weighted by molar-refractivity contribution is 0.0957. The van der Waals surface area contributed by atoms with E-state index in [2.05, 4.69) is 4.72 Å². The third-order valence-corrected chi connectivity index (χ3v) is 4.31. The third-order valence-electron chi connectivity index (χ3n) is 3.47. The minimum atomic E-state index is -0.384. The van der Waals surface area contributed by atoms with Crippen molar-refractivity contribution in [2.45, 2.75) is 17.7 Å². The summed E-state index contributed by atoms with van der Waals surface area (Å²) in [5.74, 6) is 0.156. The third kappa shape index (κ3) is 3.08. The summed E-state index contributed by atoms with van der Waals surface area (Å²) in [4.78, 5) is 12.5. The highest BCUT2D eigenvalue weighted by Crippen LogP contribution is 2.27. The lowest BCUT2D eigenvalue weighted by Crippen LogP contribution is -2.15. The van der Waals surface area contributed by atoms with Crippen LogP contribution in [0.15, 0.2) is 45.2 Å². The molecule has 22 heavy (non-hydrogen) atoms. The molecular weight excluding hydrogens is 303 g/mol. The first kappa shape index (κ1) is 14.9. The minimum Gasteiger partial charge on any atom is -0.451 e. The molecule has 0 spiro atoms. The highest BCUT2D eigenvalue weighted by molar-refractivity contribution is 7.98. The number of carbonyl (C=O) groups is 1. The van der Waals surface area contributed by atoms with E-state index in [0.717, 1.165) is 35.9 Å². The summed E-state index contributed by atoms with van der Waals surface area (Å²) < 4.78 is 21.7. The van der Waals surface area contributed by atoms with Gasteiger partial charge in [-0.05, 0) is 54.6 Å². The fraction of sp³-hybridized carbons (Fsp3) is 0.188. The lowest BCUT2D eigenvalue weighted by Gasteiger charge is -2.09. The Kier molecular flexibility index (Phi) is 4.31. The summed E-state index contributed by atoms with van der Waals surface area (Å²) in [6.45, 7) is 0.491. The first-order chi connectivity index (χ1) is 10.7. The number of rotatable bonds is 4. The maximum atomic E-state index is 13.5. The van der Waals surface area contributed by atoms with E-state index < -0.39 is 0 Å². The fourth-order valence-corrected chi connectivity index (χ4v) is 2.88. The van der Waals surface area contributed by atoms with Crippen LogP contribution < -0.4 is 10.5 Å². The van der Waals surface area contributed by atoms with Gasteiger partial charge in [0.15, 0.2) is 5.76 Å². The molecule has 2 aromatic rings. The van der Waals surface area contributed by atoms with E-state index in [4.69, 9.17) is 10.2 Å². The number of benzene rings is 1. The first-order valence-corrected chi connectivity index (χ1v) is 7.73. The number of hydrogen-bond acceptors (Lipinski definition) is 4. The van der Waals surface area contributed by atoms with Crippen LogP contribution in [0.1, 0.15) is 28.3 Å². The summed E-state index contributed by atoms with van der Waals surface area (Å²) in [5, 5.41) is 0. The molecule has 0 saturated carbocycles. The van der Waals surface area contributed by atoms with Crippen molar-refractivity contribution in [1.82, 2.24) is 4.72 Å². The van der Waals surface area contributed by atoms with Crippen molar-refractivity contribution in [1.29, 1.82) is 0 Å². The van der Waals surface area contributed by atoms with Crippen molar-refractivity contribution in [3.05, 3.63) is 58.8 Å². The molecular formula is C16H15FN2O2S. The van der Waals surface area contributed by atoms with Crippen LogP contribution in [-0.4, -0.2) is 12.5 Å². The minimum absolute atomic E-state index is 0.225. The zero-order valence-electron chi connectivity index (χ0n) is 11.8. The second-order valence-electron chi connectivity index (χ2n) is 4.97. The molecule has 0 saturated heterocycles. The van der Waals surface area contributed by atoms with Gasteiger partial charge in [0.2, 0.25) is 0 Å². The van der Waals surface area contributed by atoms with Gasteiger partial charge in [-0.2, -0.15) is 0 Å². The Morgan fingerprint density at radius 1 is 1.36 bits per heavy atom. The van der Waals surface area contributed by atoms with Gasteiger partial charge in [0.1, 0.15) is 11.6 Å². The number of carbonyl (C=O) groups excluding carboxylic acids is 1.